The van der Waals surface area contributed by atoms with Crippen molar-refractivity contribution in [3.8, 4) is 0 Å². The van der Waals surface area contributed by atoms with Gasteiger partial charge in [0.2, 0.25) is 0 Å². The Bertz CT molecular complexity index is 347. The van der Waals surface area contributed by atoms with Crippen LogP contribution in [-0.4, -0.2) is 22.6 Å². The zero-order chi connectivity index (χ0) is 12.3. The van der Waals surface area contributed by atoms with Gasteiger partial charge in [-0.2, -0.15) is 0 Å². The lowest BCUT2D eigenvalue weighted by Crippen LogP contribution is -2.35. The topological polar surface area (TPSA) is 55.0 Å². The fourth-order valence-corrected chi connectivity index (χ4v) is 1.68. The number of aromatic nitrogens is 2. The van der Waals surface area contributed by atoms with E-state index in [9.17, 15) is 0 Å². The fraction of sp³-hybridized carbons (Fsp3) is 0.667. The molecule has 1 aromatic rings. The predicted octanol–water partition coefficient (Wildman–Crippen LogP) is 2.24. The van der Waals surface area contributed by atoms with Crippen LogP contribution in [0, 0.1) is 12.8 Å². The largest absolute Gasteiger partial charge is 0.383 e. The molecule has 1 heterocycles. The van der Waals surface area contributed by atoms with Crippen LogP contribution in [0.15, 0.2) is 6.33 Å². The van der Waals surface area contributed by atoms with Gasteiger partial charge in [-0.1, -0.05) is 13.8 Å². The number of hydrogen-bond acceptors (Lipinski definition) is 4. The molecule has 0 bridgehead atoms. The molecule has 90 valence electrons. The molecule has 1 rings (SSSR count). The van der Waals surface area contributed by atoms with Crippen molar-refractivity contribution < 1.29 is 0 Å². The number of nitrogen functional groups attached to an aromatic ring is 1. The first-order valence-corrected chi connectivity index (χ1v) is 5.77. The molecule has 0 saturated heterocycles. The minimum Gasteiger partial charge on any atom is -0.383 e. The number of rotatable bonds is 4. The number of nitrogens with two attached hydrogens (primary N) is 1. The minimum absolute atomic E-state index is 0.412. The summed E-state index contributed by atoms with van der Waals surface area (Å²) in [7, 11) is 0. The molecule has 4 nitrogen and oxygen atoms in total. The molecule has 4 heteroatoms. The molecule has 0 aliphatic heterocycles. The van der Waals surface area contributed by atoms with E-state index in [0.29, 0.717) is 17.8 Å². The molecule has 1 aromatic heterocycles. The van der Waals surface area contributed by atoms with E-state index >= 15 is 0 Å². The van der Waals surface area contributed by atoms with Gasteiger partial charge in [0.15, 0.2) is 0 Å². The summed E-state index contributed by atoms with van der Waals surface area (Å²) < 4.78 is 0. The van der Waals surface area contributed by atoms with Gasteiger partial charge in [-0.25, -0.2) is 9.97 Å². The van der Waals surface area contributed by atoms with Crippen molar-refractivity contribution in [2.75, 3.05) is 17.2 Å². The zero-order valence-electron chi connectivity index (χ0n) is 10.9. The Morgan fingerprint density at radius 1 is 1.25 bits per heavy atom. The van der Waals surface area contributed by atoms with E-state index in [1.807, 2.05) is 6.92 Å². The normalized spacial score (nSPS) is 11.2. The summed E-state index contributed by atoms with van der Waals surface area (Å²) in [5.41, 5.74) is 6.78. The fourth-order valence-electron chi connectivity index (χ4n) is 1.68. The van der Waals surface area contributed by atoms with Crippen molar-refractivity contribution in [3.05, 3.63) is 11.9 Å². The Morgan fingerprint density at radius 2 is 1.88 bits per heavy atom. The minimum atomic E-state index is 0.412. The first-order chi connectivity index (χ1) is 7.43. The van der Waals surface area contributed by atoms with Gasteiger partial charge in [0.05, 0.1) is 0 Å². The van der Waals surface area contributed by atoms with Crippen molar-refractivity contribution in [1.82, 2.24) is 9.97 Å². The number of anilines is 2. The first-order valence-electron chi connectivity index (χ1n) is 5.77. The van der Waals surface area contributed by atoms with Crippen LogP contribution in [0.2, 0.25) is 0 Å². The molecule has 0 aliphatic carbocycles. The number of nitrogens with zero attached hydrogens (tertiary/aromatic N) is 3. The molecular formula is C12H22N4. The summed E-state index contributed by atoms with van der Waals surface area (Å²) in [5.74, 6) is 2.12. The van der Waals surface area contributed by atoms with E-state index in [1.165, 1.54) is 6.33 Å². The lowest BCUT2D eigenvalue weighted by Gasteiger charge is -2.30. The molecule has 0 unspecified atom stereocenters. The van der Waals surface area contributed by atoms with E-state index in [0.717, 1.165) is 17.9 Å². The summed E-state index contributed by atoms with van der Waals surface area (Å²) in [4.78, 5) is 10.6. The second-order valence-corrected chi connectivity index (χ2v) is 4.85. The van der Waals surface area contributed by atoms with Gasteiger partial charge in [-0.05, 0) is 26.7 Å². The third kappa shape index (κ3) is 2.84. The van der Waals surface area contributed by atoms with Crippen LogP contribution in [0.1, 0.15) is 33.3 Å². The SMILES string of the molecule is Cc1c(N)ncnc1N(CC(C)C)C(C)C. The van der Waals surface area contributed by atoms with Gasteiger partial charge < -0.3 is 10.6 Å². The Kier molecular flexibility index (Phi) is 4.10. The van der Waals surface area contributed by atoms with Crippen LogP contribution in [-0.2, 0) is 0 Å². The Morgan fingerprint density at radius 3 is 2.38 bits per heavy atom. The van der Waals surface area contributed by atoms with Crippen LogP contribution in [0.5, 0.6) is 0 Å². The highest BCUT2D eigenvalue weighted by molar-refractivity contribution is 5.56. The molecule has 0 fully saturated rings. The van der Waals surface area contributed by atoms with Crippen LogP contribution in [0.4, 0.5) is 11.6 Å². The third-order valence-electron chi connectivity index (χ3n) is 2.55. The maximum absolute atomic E-state index is 5.81. The summed E-state index contributed by atoms with van der Waals surface area (Å²) in [5, 5.41) is 0. The predicted molar refractivity (Wildman–Crippen MR) is 68.5 cm³/mol. The third-order valence-corrected chi connectivity index (χ3v) is 2.55. The van der Waals surface area contributed by atoms with Crippen molar-refractivity contribution >= 4 is 11.6 Å². The number of hydrogen-bond donors (Lipinski definition) is 1. The molecule has 0 radical (unpaired) electrons. The molecule has 0 atom stereocenters. The highest BCUT2D eigenvalue weighted by atomic mass is 15.2. The molecule has 0 aromatic carbocycles. The second-order valence-electron chi connectivity index (χ2n) is 4.85. The van der Waals surface area contributed by atoms with Crippen LogP contribution in [0.3, 0.4) is 0 Å². The second kappa shape index (κ2) is 5.14. The summed E-state index contributed by atoms with van der Waals surface area (Å²) >= 11 is 0. The van der Waals surface area contributed by atoms with Crippen LogP contribution < -0.4 is 10.6 Å². The first kappa shape index (κ1) is 12.7. The molecule has 0 amide bonds. The summed E-state index contributed by atoms with van der Waals surface area (Å²) in [6, 6.07) is 0.412. The average Bonchev–Trinajstić information content (AvgIpc) is 2.18. The standard InChI is InChI=1S/C12H22N4/c1-8(2)6-16(9(3)4)12-10(5)11(13)14-7-15-12/h7-9H,6H2,1-5H3,(H2,13,14,15). The van der Waals surface area contributed by atoms with Crippen LogP contribution >= 0.6 is 0 Å². The van der Waals surface area contributed by atoms with E-state index in [-0.39, 0.29) is 0 Å². The van der Waals surface area contributed by atoms with Gasteiger partial charge in [0, 0.05) is 18.2 Å². The Labute approximate surface area is 97.9 Å². The monoisotopic (exact) mass is 222 g/mol. The highest BCUT2D eigenvalue weighted by Crippen LogP contribution is 2.22. The Balaban J connectivity index is 3.06. The van der Waals surface area contributed by atoms with Crippen molar-refractivity contribution in [2.45, 2.75) is 40.7 Å². The van der Waals surface area contributed by atoms with Gasteiger partial charge in [0.25, 0.3) is 0 Å². The molecule has 2 N–H and O–H groups in total. The summed E-state index contributed by atoms with van der Waals surface area (Å²) in [6.45, 7) is 11.7. The van der Waals surface area contributed by atoms with E-state index in [4.69, 9.17) is 5.73 Å². The molecular weight excluding hydrogens is 200 g/mol. The van der Waals surface area contributed by atoms with Gasteiger partial charge >= 0.3 is 0 Å². The molecule has 0 spiro atoms. The van der Waals surface area contributed by atoms with Crippen LogP contribution in [0.25, 0.3) is 0 Å². The van der Waals surface area contributed by atoms with E-state index in [1.54, 1.807) is 0 Å². The maximum Gasteiger partial charge on any atom is 0.137 e. The average molecular weight is 222 g/mol. The summed E-state index contributed by atoms with van der Waals surface area (Å²) in [6.07, 6.45) is 1.54. The maximum atomic E-state index is 5.81. The van der Waals surface area contributed by atoms with Gasteiger partial charge in [-0.15, -0.1) is 0 Å². The zero-order valence-corrected chi connectivity index (χ0v) is 10.9. The van der Waals surface area contributed by atoms with Crippen molar-refractivity contribution in [3.63, 3.8) is 0 Å². The molecule has 16 heavy (non-hydrogen) atoms. The van der Waals surface area contributed by atoms with Crippen molar-refractivity contribution in [1.29, 1.82) is 0 Å². The van der Waals surface area contributed by atoms with E-state index < -0.39 is 0 Å². The van der Waals surface area contributed by atoms with Crippen molar-refractivity contribution in [2.24, 2.45) is 5.92 Å². The Hall–Kier alpha value is -1.32. The lowest BCUT2D eigenvalue weighted by atomic mass is 10.1. The van der Waals surface area contributed by atoms with E-state index in [2.05, 4.69) is 42.6 Å². The molecule has 0 aliphatic rings. The van der Waals surface area contributed by atoms with Gasteiger partial charge in [-0.3, -0.25) is 0 Å². The smallest absolute Gasteiger partial charge is 0.137 e. The quantitative estimate of drug-likeness (QED) is 0.849. The van der Waals surface area contributed by atoms with Gasteiger partial charge in [0.1, 0.15) is 18.0 Å². The molecule has 0 saturated carbocycles. The lowest BCUT2D eigenvalue weighted by molar-refractivity contribution is 0.564. The highest BCUT2D eigenvalue weighted by Gasteiger charge is 2.16.